The topological polar surface area (TPSA) is 95.5 Å². The number of thioether (sulfide) groups is 1. The molecule has 0 heterocycles. The standard InChI is InChI=1S/C23H26N2O4S/c1-5-17-8-6-7-14(2)21(17)25-22(27)16(4)30-19-11-9-18(10-12-19)24-20(26)13-15(3)23(28)29/h6-13,16H,5H2,1-4H3,(H,24,26)(H,25,27)(H,28,29)/b15-13-/t16-/m1/s1. The fraction of sp³-hybridized carbons (Fsp3) is 0.261. The van der Waals surface area contributed by atoms with E-state index in [9.17, 15) is 14.4 Å². The number of anilines is 2. The number of carbonyl (C=O) groups is 3. The van der Waals surface area contributed by atoms with E-state index in [2.05, 4.69) is 17.6 Å². The molecule has 2 aromatic carbocycles. The molecule has 0 aliphatic heterocycles. The first-order chi connectivity index (χ1) is 14.2. The molecule has 2 rings (SSSR count). The lowest BCUT2D eigenvalue weighted by Crippen LogP contribution is -2.23. The number of amides is 2. The molecule has 30 heavy (non-hydrogen) atoms. The van der Waals surface area contributed by atoms with Crippen LogP contribution >= 0.6 is 11.8 Å². The van der Waals surface area contributed by atoms with Crippen LogP contribution in [0.5, 0.6) is 0 Å². The van der Waals surface area contributed by atoms with Gasteiger partial charge < -0.3 is 15.7 Å². The van der Waals surface area contributed by atoms with Gasteiger partial charge in [-0.2, -0.15) is 0 Å². The Kier molecular flexibility index (Phi) is 8.24. The van der Waals surface area contributed by atoms with Gasteiger partial charge in [0.2, 0.25) is 11.8 Å². The maximum Gasteiger partial charge on any atom is 0.331 e. The van der Waals surface area contributed by atoms with E-state index >= 15 is 0 Å². The molecule has 7 heteroatoms. The Balaban J connectivity index is 1.98. The minimum absolute atomic E-state index is 0.0422. The van der Waals surface area contributed by atoms with Gasteiger partial charge in [0.1, 0.15) is 0 Å². The first-order valence-corrected chi connectivity index (χ1v) is 10.5. The molecule has 0 saturated heterocycles. The number of benzene rings is 2. The second kappa shape index (κ2) is 10.6. The van der Waals surface area contributed by atoms with E-state index in [1.807, 2.05) is 44.2 Å². The molecule has 0 unspecified atom stereocenters. The molecule has 0 radical (unpaired) electrons. The molecule has 1 atom stereocenters. The predicted molar refractivity (Wildman–Crippen MR) is 121 cm³/mol. The van der Waals surface area contributed by atoms with E-state index in [-0.39, 0.29) is 16.7 Å². The van der Waals surface area contributed by atoms with Crippen molar-refractivity contribution in [2.45, 2.75) is 44.3 Å². The second-order valence-electron chi connectivity index (χ2n) is 6.86. The van der Waals surface area contributed by atoms with Crippen molar-refractivity contribution < 1.29 is 19.5 Å². The lowest BCUT2D eigenvalue weighted by Gasteiger charge is -2.16. The van der Waals surface area contributed by atoms with Gasteiger partial charge in [-0.25, -0.2) is 4.79 Å². The van der Waals surface area contributed by atoms with E-state index in [0.717, 1.165) is 34.2 Å². The lowest BCUT2D eigenvalue weighted by atomic mass is 10.1. The number of aryl methyl sites for hydroxylation is 2. The molecule has 6 nitrogen and oxygen atoms in total. The number of carboxylic acid groups (broad SMARTS) is 1. The third kappa shape index (κ3) is 6.49. The van der Waals surface area contributed by atoms with Gasteiger partial charge in [0.05, 0.1) is 5.25 Å². The minimum Gasteiger partial charge on any atom is -0.478 e. The van der Waals surface area contributed by atoms with Gasteiger partial charge in [-0.15, -0.1) is 11.8 Å². The molecule has 0 aromatic heterocycles. The number of para-hydroxylation sites is 1. The number of rotatable bonds is 8. The van der Waals surface area contributed by atoms with Crippen molar-refractivity contribution in [1.82, 2.24) is 0 Å². The summed E-state index contributed by atoms with van der Waals surface area (Å²) in [5.74, 6) is -1.72. The Morgan fingerprint density at radius 3 is 2.37 bits per heavy atom. The van der Waals surface area contributed by atoms with E-state index in [1.165, 1.54) is 18.7 Å². The SMILES string of the molecule is CCc1cccc(C)c1NC(=O)[C@@H](C)Sc1ccc(NC(=O)/C=C(/C)C(=O)O)cc1. The summed E-state index contributed by atoms with van der Waals surface area (Å²) < 4.78 is 0. The zero-order valence-electron chi connectivity index (χ0n) is 17.5. The van der Waals surface area contributed by atoms with Crippen LogP contribution in [-0.2, 0) is 20.8 Å². The van der Waals surface area contributed by atoms with Gasteiger partial charge >= 0.3 is 5.97 Å². The van der Waals surface area contributed by atoms with Gasteiger partial charge in [0.25, 0.3) is 0 Å². The number of carbonyl (C=O) groups excluding carboxylic acids is 2. The Morgan fingerprint density at radius 2 is 1.77 bits per heavy atom. The summed E-state index contributed by atoms with van der Waals surface area (Å²) in [5, 5.41) is 14.2. The highest BCUT2D eigenvalue weighted by Gasteiger charge is 2.17. The highest BCUT2D eigenvalue weighted by Crippen LogP contribution is 2.27. The first kappa shape index (κ1) is 23.2. The van der Waals surface area contributed by atoms with E-state index in [0.29, 0.717) is 5.69 Å². The van der Waals surface area contributed by atoms with Crippen LogP contribution in [0.25, 0.3) is 0 Å². The summed E-state index contributed by atoms with van der Waals surface area (Å²) >= 11 is 1.42. The molecule has 2 amide bonds. The number of nitrogens with one attached hydrogen (secondary N) is 2. The number of hydrogen-bond donors (Lipinski definition) is 3. The zero-order valence-corrected chi connectivity index (χ0v) is 18.3. The van der Waals surface area contributed by atoms with Crippen LogP contribution in [0.4, 0.5) is 11.4 Å². The van der Waals surface area contributed by atoms with E-state index < -0.39 is 11.9 Å². The molecule has 158 valence electrons. The third-order valence-electron chi connectivity index (χ3n) is 4.48. The Bertz CT molecular complexity index is 968. The molecule has 2 aromatic rings. The highest BCUT2D eigenvalue weighted by molar-refractivity contribution is 8.00. The van der Waals surface area contributed by atoms with Crippen molar-refractivity contribution in [2.75, 3.05) is 10.6 Å². The summed E-state index contributed by atoms with van der Waals surface area (Å²) in [7, 11) is 0. The molecule has 0 aliphatic carbocycles. The van der Waals surface area contributed by atoms with Crippen LogP contribution in [0.3, 0.4) is 0 Å². The van der Waals surface area contributed by atoms with Crippen LogP contribution in [0, 0.1) is 6.92 Å². The van der Waals surface area contributed by atoms with Gasteiger partial charge in [-0.1, -0.05) is 25.1 Å². The van der Waals surface area contributed by atoms with Gasteiger partial charge in [0.15, 0.2) is 0 Å². The van der Waals surface area contributed by atoms with Crippen molar-refractivity contribution in [3.8, 4) is 0 Å². The monoisotopic (exact) mass is 426 g/mol. The summed E-state index contributed by atoms with van der Waals surface area (Å²) in [6.45, 7) is 7.24. The Labute approximate surface area is 180 Å². The van der Waals surface area contributed by atoms with Crippen LogP contribution in [0.2, 0.25) is 0 Å². The zero-order chi connectivity index (χ0) is 22.3. The fourth-order valence-electron chi connectivity index (χ4n) is 2.74. The van der Waals surface area contributed by atoms with Crippen LogP contribution in [0.1, 0.15) is 31.9 Å². The Morgan fingerprint density at radius 1 is 1.10 bits per heavy atom. The molecule has 0 aliphatic rings. The number of hydrogen-bond acceptors (Lipinski definition) is 4. The minimum atomic E-state index is -1.14. The third-order valence-corrected chi connectivity index (χ3v) is 5.59. The highest BCUT2D eigenvalue weighted by atomic mass is 32.2. The summed E-state index contributed by atoms with van der Waals surface area (Å²) in [4.78, 5) is 36.1. The normalized spacial score (nSPS) is 12.2. The van der Waals surface area contributed by atoms with Gasteiger partial charge in [0, 0.05) is 27.9 Å². The molecular weight excluding hydrogens is 400 g/mol. The van der Waals surface area contributed by atoms with Crippen molar-refractivity contribution in [1.29, 1.82) is 0 Å². The average molecular weight is 427 g/mol. The largest absolute Gasteiger partial charge is 0.478 e. The molecule has 0 bridgehead atoms. The fourth-order valence-corrected chi connectivity index (χ4v) is 3.61. The van der Waals surface area contributed by atoms with Crippen LogP contribution in [0.15, 0.2) is 59.0 Å². The predicted octanol–water partition coefficient (Wildman–Crippen LogP) is 4.65. The van der Waals surface area contributed by atoms with Crippen LogP contribution < -0.4 is 10.6 Å². The first-order valence-electron chi connectivity index (χ1n) is 9.60. The summed E-state index contributed by atoms with van der Waals surface area (Å²) in [6, 6.07) is 13.0. The van der Waals surface area contributed by atoms with E-state index in [1.54, 1.807) is 12.1 Å². The van der Waals surface area contributed by atoms with Crippen molar-refractivity contribution >= 4 is 40.9 Å². The van der Waals surface area contributed by atoms with Crippen molar-refractivity contribution in [3.05, 3.63) is 65.2 Å². The molecule has 0 saturated carbocycles. The maximum atomic E-state index is 12.7. The average Bonchev–Trinajstić information content (AvgIpc) is 2.70. The summed E-state index contributed by atoms with van der Waals surface area (Å²) in [5.41, 5.74) is 3.52. The van der Waals surface area contributed by atoms with Crippen molar-refractivity contribution in [2.24, 2.45) is 0 Å². The van der Waals surface area contributed by atoms with Crippen molar-refractivity contribution in [3.63, 3.8) is 0 Å². The number of aliphatic carboxylic acids is 1. The molecule has 0 fully saturated rings. The molecular formula is C23H26N2O4S. The van der Waals surface area contributed by atoms with E-state index in [4.69, 9.17) is 5.11 Å². The Hall–Kier alpha value is -3.06. The maximum absolute atomic E-state index is 12.7. The molecule has 0 spiro atoms. The number of carboxylic acids is 1. The summed E-state index contributed by atoms with van der Waals surface area (Å²) in [6.07, 6.45) is 1.88. The lowest BCUT2D eigenvalue weighted by molar-refractivity contribution is -0.132. The second-order valence-corrected chi connectivity index (χ2v) is 8.27. The van der Waals surface area contributed by atoms with Crippen LogP contribution in [-0.4, -0.2) is 28.1 Å². The molecule has 3 N–H and O–H groups in total. The van der Waals surface area contributed by atoms with Gasteiger partial charge in [-0.05, 0) is 62.6 Å². The van der Waals surface area contributed by atoms with Gasteiger partial charge in [-0.3, -0.25) is 9.59 Å². The smallest absolute Gasteiger partial charge is 0.331 e. The quantitative estimate of drug-likeness (QED) is 0.422.